The molecule has 1 aromatic rings. The molecule has 0 radical (unpaired) electrons. The third-order valence-electron chi connectivity index (χ3n) is 4.94. The average molecular weight is 273 g/mol. The lowest BCUT2D eigenvalue weighted by atomic mass is 9.77. The van der Waals surface area contributed by atoms with Crippen LogP contribution in [0.4, 0.5) is 0 Å². The highest BCUT2D eigenvalue weighted by molar-refractivity contribution is 5.38. The Labute approximate surface area is 125 Å². The van der Waals surface area contributed by atoms with Crippen molar-refractivity contribution in [2.45, 2.75) is 72.8 Å². The smallest absolute Gasteiger partial charge is 0.00134 e. The van der Waals surface area contributed by atoms with Crippen molar-refractivity contribution in [3.63, 3.8) is 0 Å². The van der Waals surface area contributed by atoms with Gasteiger partial charge in [-0.2, -0.15) is 0 Å². The Kier molecular flexibility index (Phi) is 4.90. The summed E-state index contributed by atoms with van der Waals surface area (Å²) >= 11 is 0. The number of hydrogen-bond acceptors (Lipinski definition) is 1. The molecule has 0 amide bonds. The molecule has 20 heavy (non-hydrogen) atoms. The van der Waals surface area contributed by atoms with Gasteiger partial charge in [-0.15, -0.1) is 0 Å². The van der Waals surface area contributed by atoms with Gasteiger partial charge in [0.05, 0.1) is 0 Å². The van der Waals surface area contributed by atoms with Crippen LogP contribution in [0.1, 0.15) is 61.8 Å². The molecule has 1 saturated carbocycles. The van der Waals surface area contributed by atoms with Gasteiger partial charge in [0.15, 0.2) is 0 Å². The van der Waals surface area contributed by atoms with Crippen LogP contribution >= 0.6 is 0 Å². The standard InChI is InChI=1S/C19H31N/c1-14(2)20-13-19(8-6-7-9-19)12-18-16(4)10-15(3)11-17(18)5/h10-11,14,20H,6-9,12-13H2,1-5H3. The lowest BCUT2D eigenvalue weighted by molar-refractivity contribution is 0.268. The normalized spacial score (nSPS) is 17.9. The minimum absolute atomic E-state index is 0.495. The molecule has 112 valence electrons. The molecule has 1 aliphatic carbocycles. The highest BCUT2D eigenvalue weighted by atomic mass is 14.9. The zero-order valence-electron chi connectivity index (χ0n) is 14.0. The van der Waals surface area contributed by atoms with E-state index in [2.05, 4.69) is 52.1 Å². The van der Waals surface area contributed by atoms with Gasteiger partial charge in [0.1, 0.15) is 0 Å². The van der Waals surface area contributed by atoms with Crippen LogP contribution in [0.5, 0.6) is 0 Å². The van der Waals surface area contributed by atoms with Crippen LogP contribution in [0.2, 0.25) is 0 Å². The van der Waals surface area contributed by atoms with E-state index in [9.17, 15) is 0 Å². The van der Waals surface area contributed by atoms with Gasteiger partial charge in [-0.05, 0) is 62.1 Å². The summed E-state index contributed by atoms with van der Waals surface area (Å²) in [6.07, 6.45) is 6.84. The zero-order chi connectivity index (χ0) is 14.8. The summed E-state index contributed by atoms with van der Waals surface area (Å²) in [7, 11) is 0. The second-order valence-electron chi connectivity index (χ2n) is 7.30. The van der Waals surface area contributed by atoms with Gasteiger partial charge in [0.25, 0.3) is 0 Å². The van der Waals surface area contributed by atoms with Crippen molar-refractivity contribution in [3.8, 4) is 0 Å². The van der Waals surface area contributed by atoms with Crippen molar-refractivity contribution in [1.82, 2.24) is 5.32 Å². The number of aryl methyl sites for hydroxylation is 3. The highest BCUT2D eigenvalue weighted by Crippen LogP contribution is 2.41. The van der Waals surface area contributed by atoms with Crippen LogP contribution in [0.25, 0.3) is 0 Å². The largest absolute Gasteiger partial charge is 0.314 e. The van der Waals surface area contributed by atoms with Crippen molar-refractivity contribution in [2.75, 3.05) is 6.54 Å². The Morgan fingerprint density at radius 3 is 2.10 bits per heavy atom. The Morgan fingerprint density at radius 2 is 1.60 bits per heavy atom. The molecule has 0 spiro atoms. The molecule has 1 nitrogen and oxygen atoms in total. The minimum Gasteiger partial charge on any atom is -0.314 e. The number of benzene rings is 1. The van der Waals surface area contributed by atoms with Crippen LogP contribution in [0.15, 0.2) is 12.1 Å². The predicted octanol–water partition coefficient (Wildman–Crippen LogP) is 4.71. The maximum atomic E-state index is 3.70. The topological polar surface area (TPSA) is 12.0 Å². The average Bonchev–Trinajstić information content (AvgIpc) is 2.81. The molecule has 1 aromatic carbocycles. The van der Waals surface area contributed by atoms with E-state index in [1.807, 2.05) is 0 Å². The highest BCUT2D eigenvalue weighted by Gasteiger charge is 2.34. The zero-order valence-corrected chi connectivity index (χ0v) is 14.0. The quantitative estimate of drug-likeness (QED) is 0.819. The lowest BCUT2D eigenvalue weighted by Crippen LogP contribution is -2.37. The number of hydrogen-bond donors (Lipinski definition) is 1. The molecule has 1 aliphatic rings. The Hall–Kier alpha value is -0.820. The SMILES string of the molecule is Cc1cc(C)c(CC2(CNC(C)C)CCCC2)c(C)c1. The summed E-state index contributed by atoms with van der Waals surface area (Å²) in [5.74, 6) is 0. The Bertz CT molecular complexity index is 430. The van der Waals surface area contributed by atoms with Crippen molar-refractivity contribution < 1.29 is 0 Å². The molecular weight excluding hydrogens is 242 g/mol. The summed E-state index contributed by atoms with van der Waals surface area (Å²) in [6, 6.07) is 5.29. The molecule has 0 atom stereocenters. The molecule has 0 saturated heterocycles. The summed E-state index contributed by atoms with van der Waals surface area (Å²) in [5.41, 5.74) is 6.46. The summed E-state index contributed by atoms with van der Waals surface area (Å²) in [4.78, 5) is 0. The fraction of sp³-hybridized carbons (Fsp3) is 0.684. The van der Waals surface area contributed by atoms with Gasteiger partial charge in [-0.3, -0.25) is 0 Å². The molecule has 0 unspecified atom stereocenters. The van der Waals surface area contributed by atoms with E-state index in [0.717, 1.165) is 0 Å². The molecule has 1 N–H and O–H groups in total. The third kappa shape index (κ3) is 3.63. The van der Waals surface area contributed by atoms with Gasteiger partial charge < -0.3 is 5.32 Å². The van der Waals surface area contributed by atoms with E-state index in [0.29, 0.717) is 11.5 Å². The van der Waals surface area contributed by atoms with Crippen molar-refractivity contribution >= 4 is 0 Å². The monoisotopic (exact) mass is 273 g/mol. The van der Waals surface area contributed by atoms with Crippen LogP contribution in [0.3, 0.4) is 0 Å². The first-order chi connectivity index (χ1) is 9.42. The molecule has 0 heterocycles. The van der Waals surface area contributed by atoms with Crippen LogP contribution in [-0.2, 0) is 6.42 Å². The first-order valence-electron chi connectivity index (χ1n) is 8.22. The van der Waals surface area contributed by atoms with E-state index in [-0.39, 0.29) is 0 Å². The van der Waals surface area contributed by atoms with Crippen molar-refractivity contribution in [2.24, 2.45) is 5.41 Å². The molecule has 1 fully saturated rings. The van der Waals surface area contributed by atoms with E-state index in [1.54, 1.807) is 5.56 Å². The van der Waals surface area contributed by atoms with E-state index in [4.69, 9.17) is 0 Å². The maximum Gasteiger partial charge on any atom is 0.00134 e. The molecule has 0 bridgehead atoms. The van der Waals surface area contributed by atoms with Crippen LogP contribution < -0.4 is 5.32 Å². The first kappa shape index (κ1) is 15.6. The van der Waals surface area contributed by atoms with E-state index >= 15 is 0 Å². The first-order valence-corrected chi connectivity index (χ1v) is 8.22. The van der Waals surface area contributed by atoms with Crippen molar-refractivity contribution in [3.05, 3.63) is 34.4 Å². The fourth-order valence-electron chi connectivity index (χ4n) is 3.83. The lowest BCUT2D eigenvalue weighted by Gasteiger charge is -2.32. The van der Waals surface area contributed by atoms with Gasteiger partial charge in [0.2, 0.25) is 0 Å². The maximum absolute atomic E-state index is 3.70. The van der Waals surface area contributed by atoms with E-state index < -0.39 is 0 Å². The summed E-state index contributed by atoms with van der Waals surface area (Å²) < 4.78 is 0. The number of nitrogens with one attached hydrogen (secondary N) is 1. The Morgan fingerprint density at radius 1 is 1.05 bits per heavy atom. The van der Waals surface area contributed by atoms with E-state index in [1.165, 1.54) is 55.3 Å². The third-order valence-corrected chi connectivity index (χ3v) is 4.94. The molecule has 0 aliphatic heterocycles. The van der Waals surface area contributed by atoms with Gasteiger partial charge >= 0.3 is 0 Å². The molecule has 0 aromatic heterocycles. The van der Waals surface area contributed by atoms with Gasteiger partial charge in [0, 0.05) is 12.6 Å². The molecular formula is C19H31N. The second kappa shape index (κ2) is 6.30. The number of rotatable bonds is 5. The van der Waals surface area contributed by atoms with Gasteiger partial charge in [-0.1, -0.05) is 44.4 Å². The predicted molar refractivity (Wildman–Crippen MR) is 88.4 cm³/mol. The fourth-order valence-corrected chi connectivity index (χ4v) is 3.83. The van der Waals surface area contributed by atoms with Gasteiger partial charge in [-0.25, -0.2) is 0 Å². The van der Waals surface area contributed by atoms with Crippen molar-refractivity contribution in [1.29, 1.82) is 0 Å². The second-order valence-corrected chi connectivity index (χ2v) is 7.30. The Balaban J connectivity index is 2.20. The molecule has 1 heteroatoms. The van der Waals surface area contributed by atoms with Crippen LogP contribution in [-0.4, -0.2) is 12.6 Å². The molecule has 2 rings (SSSR count). The summed E-state index contributed by atoms with van der Waals surface area (Å²) in [6.45, 7) is 12.5. The summed E-state index contributed by atoms with van der Waals surface area (Å²) in [5, 5.41) is 3.70. The minimum atomic E-state index is 0.495. The van der Waals surface area contributed by atoms with Crippen LogP contribution in [0, 0.1) is 26.2 Å².